The zero-order valence-electron chi connectivity index (χ0n) is 17.3. The normalized spacial score (nSPS) is 22.9. The van der Waals surface area contributed by atoms with E-state index in [9.17, 15) is 19.8 Å². The van der Waals surface area contributed by atoms with E-state index in [-0.39, 0.29) is 37.9 Å². The van der Waals surface area contributed by atoms with Gasteiger partial charge in [-0.15, -0.1) is 0 Å². The second-order valence-corrected chi connectivity index (χ2v) is 8.01. The molecule has 2 unspecified atom stereocenters. The van der Waals surface area contributed by atoms with Crippen LogP contribution in [0.15, 0.2) is 9.98 Å². The third-order valence-corrected chi connectivity index (χ3v) is 5.97. The Balaban J connectivity index is 3.12. The highest BCUT2D eigenvalue weighted by atomic mass is 16.4. The molecule has 0 heterocycles. The van der Waals surface area contributed by atoms with Gasteiger partial charge in [0.25, 0.3) is 0 Å². The van der Waals surface area contributed by atoms with Gasteiger partial charge >= 0.3 is 11.9 Å². The van der Waals surface area contributed by atoms with E-state index in [4.69, 9.17) is 34.4 Å². The third-order valence-electron chi connectivity index (χ3n) is 5.97. The van der Waals surface area contributed by atoms with Gasteiger partial charge in [0.2, 0.25) is 0 Å². The number of carbonyl (C=O) groups is 2. The highest BCUT2D eigenvalue weighted by Crippen LogP contribution is 2.44. The minimum absolute atomic E-state index is 0.0869. The number of guanidine groups is 2. The Morgan fingerprint density at radius 1 is 0.767 bits per heavy atom. The molecule has 0 aliphatic heterocycles. The first-order valence-electron chi connectivity index (χ1n) is 10.1. The lowest BCUT2D eigenvalue weighted by molar-refractivity contribution is -0.155. The maximum atomic E-state index is 12.2. The quantitative estimate of drug-likeness (QED) is 0.101. The summed E-state index contributed by atoms with van der Waals surface area (Å²) in [5, 5.41) is 19.9. The van der Waals surface area contributed by atoms with Crippen LogP contribution in [-0.4, -0.2) is 58.2 Å². The lowest BCUT2D eigenvalue weighted by atomic mass is 9.60. The molecule has 0 radical (unpaired) electrons. The Hall–Kier alpha value is -2.60. The molecule has 1 aliphatic rings. The van der Waals surface area contributed by atoms with Gasteiger partial charge in [0.1, 0.15) is 11.1 Å². The van der Waals surface area contributed by atoms with E-state index in [1.165, 1.54) is 0 Å². The predicted octanol–water partition coefficient (Wildman–Crippen LogP) is -1.54. The van der Waals surface area contributed by atoms with Gasteiger partial charge in [-0.25, -0.2) is 0 Å². The molecule has 30 heavy (non-hydrogen) atoms. The number of hydrogen-bond donors (Lipinski definition) is 8. The number of rotatable bonds is 12. The maximum absolute atomic E-state index is 12.2. The number of nitrogens with two attached hydrogens (primary N) is 6. The number of hydrogen-bond acceptors (Lipinski definition) is 6. The second-order valence-electron chi connectivity index (χ2n) is 8.01. The molecule has 172 valence electrons. The molecule has 1 aliphatic carbocycles. The molecular weight excluding hydrogens is 392 g/mol. The van der Waals surface area contributed by atoms with Crippen LogP contribution in [0.1, 0.15) is 51.4 Å². The molecule has 0 amide bonds. The first kappa shape index (κ1) is 25.4. The van der Waals surface area contributed by atoms with Crippen LogP contribution >= 0.6 is 0 Å². The summed E-state index contributed by atoms with van der Waals surface area (Å²) in [4.78, 5) is 32.1. The smallest absolute Gasteiger partial charge is 0.323 e. The summed E-state index contributed by atoms with van der Waals surface area (Å²) in [6.07, 6.45) is 3.37. The first-order valence-corrected chi connectivity index (χ1v) is 10.1. The van der Waals surface area contributed by atoms with E-state index in [2.05, 4.69) is 9.98 Å². The van der Waals surface area contributed by atoms with Gasteiger partial charge in [-0.1, -0.05) is 12.8 Å². The van der Waals surface area contributed by atoms with Crippen LogP contribution in [0.2, 0.25) is 0 Å². The van der Waals surface area contributed by atoms with Crippen molar-refractivity contribution in [3.05, 3.63) is 0 Å². The summed E-state index contributed by atoms with van der Waals surface area (Å²) in [5.41, 5.74) is 30.8. The highest BCUT2D eigenvalue weighted by Gasteiger charge is 2.54. The van der Waals surface area contributed by atoms with E-state index in [0.29, 0.717) is 25.7 Å². The van der Waals surface area contributed by atoms with Gasteiger partial charge in [-0.05, 0) is 50.4 Å². The molecule has 12 heteroatoms. The van der Waals surface area contributed by atoms with Crippen molar-refractivity contribution in [2.24, 2.45) is 56.2 Å². The fourth-order valence-corrected chi connectivity index (χ4v) is 4.43. The topological polar surface area (TPSA) is 255 Å². The number of aliphatic imine (C=N–C) groups is 2. The fourth-order valence-electron chi connectivity index (χ4n) is 4.43. The van der Waals surface area contributed by atoms with Crippen LogP contribution in [0.4, 0.5) is 0 Å². The van der Waals surface area contributed by atoms with E-state index >= 15 is 0 Å². The van der Waals surface area contributed by atoms with Crippen LogP contribution in [0.25, 0.3) is 0 Å². The molecule has 1 saturated carbocycles. The Bertz CT molecular complexity index is 607. The lowest BCUT2D eigenvalue weighted by Crippen LogP contribution is -2.65. The van der Waals surface area contributed by atoms with E-state index < -0.39 is 34.9 Å². The molecule has 4 atom stereocenters. The van der Waals surface area contributed by atoms with Crippen LogP contribution in [0.3, 0.4) is 0 Å². The lowest BCUT2D eigenvalue weighted by Gasteiger charge is -2.47. The second kappa shape index (κ2) is 11.0. The summed E-state index contributed by atoms with van der Waals surface area (Å²) in [7, 11) is 0. The van der Waals surface area contributed by atoms with Crippen LogP contribution < -0.4 is 34.4 Å². The van der Waals surface area contributed by atoms with Gasteiger partial charge in [-0.2, -0.15) is 0 Å². The standard InChI is InChI=1S/C18H36N8O4/c19-15(20)25-9-3-7-17(23,13(27)28)11-5-1-2-6-12(11)18(24,14(29)30)8-4-10-26-16(21)22/h11-12H,1-10,23-24H2,(H,27,28)(H,29,30)(H4,19,20,25)(H4,21,22,26)/t11?,12?,17-,18-/m1/s1. The predicted molar refractivity (Wildman–Crippen MR) is 114 cm³/mol. The van der Waals surface area contributed by atoms with Gasteiger partial charge in [0.05, 0.1) is 0 Å². The van der Waals surface area contributed by atoms with Crippen LogP contribution in [0, 0.1) is 11.8 Å². The summed E-state index contributed by atoms with van der Waals surface area (Å²) >= 11 is 0. The van der Waals surface area contributed by atoms with Crippen molar-refractivity contribution in [3.8, 4) is 0 Å². The number of nitrogens with zero attached hydrogens (tertiary/aromatic N) is 2. The number of carboxylic acid groups (broad SMARTS) is 2. The molecule has 0 bridgehead atoms. The van der Waals surface area contributed by atoms with Gasteiger partial charge in [-0.3, -0.25) is 19.6 Å². The summed E-state index contributed by atoms with van der Waals surface area (Å²) < 4.78 is 0. The Labute approximate surface area is 176 Å². The van der Waals surface area contributed by atoms with Crippen molar-refractivity contribution >= 4 is 23.9 Å². The summed E-state index contributed by atoms with van der Waals surface area (Å²) in [5.74, 6) is -3.75. The molecule has 14 N–H and O–H groups in total. The molecule has 12 nitrogen and oxygen atoms in total. The zero-order chi connectivity index (χ0) is 22.9. The monoisotopic (exact) mass is 428 g/mol. The fraction of sp³-hybridized carbons (Fsp3) is 0.778. The van der Waals surface area contributed by atoms with Crippen LogP contribution in [0.5, 0.6) is 0 Å². The first-order chi connectivity index (χ1) is 13.9. The van der Waals surface area contributed by atoms with Crippen molar-refractivity contribution < 1.29 is 19.8 Å². The molecule has 0 aromatic carbocycles. The third kappa shape index (κ3) is 6.46. The Morgan fingerprint density at radius 2 is 1.10 bits per heavy atom. The number of aliphatic carboxylic acids is 2. The minimum Gasteiger partial charge on any atom is -0.480 e. The number of carboxylic acids is 2. The van der Waals surface area contributed by atoms with Crippen molar-refractivity contribution in [2.75, 3.05) is 13.1 Å². The van der Waals surface area contributed by atoms with Gasteiger partial charge < -0.3 is 44.6 Å². The average molecular weight is 429 g/mol. The molecule has 0 spiro atoms. The van der Waals surface area contributed by atoms with E-state index in [0.717, 1.165) is 12.8 Å². The summed E-state index contributed by atoms with van der Waals surface area (Å²) in [6.45, 7) is 0.467. The molecule has 0 aromatic rings. The van der Waals surface area contributed by atoms with Crippen molar-refractivity contribution in [1.82, 2.24) is 0 Å². The largest absolute Gasteiger partial charge is 0.480 e. The van der Waals surface area contributed by atoms with Gasteiger partial charge in [0.15, 0.2) is 11.9 Å². The minimum atomic E-state index is -1.64. The van der Waals surface area contributed by atoms with Gasteiger partial charge in [0, 0.05) is 13.1 Å². The SMILES string of the molecule is NC(N)=NCCC[C@](N)(C(=O)O)C1CCCCC1[C@](N)(CCCN=C(N)N)C(=O)O. The zero-order valence-corrected chi connectivity index (χ0v) is 17.3. The van der Waals surface area contributed by atoms with Crippen molar-refractivity contribution in [1.29, 1.82) is 0 Å². The average Bonchev–Trinajstić information content (AvgIpc) is 2.67. The van der Waals surface area contributed by atoms with E-state index in [1.54, 1.807) is 0 Å². The van der Waals surface area contributed by atoms with Crippen molar-refractivity contribution in [3.63, 3.8) is 0 Å². The molecule has 1 fully saturated rings. The molecule has 0 aromatic heterocycles. The Morgan fingerprint density at radius 3 is 1.37 bits per heavy atom. The molecule has 0 saturated heterocycles. The Kier molecular flexibility index (Phi) is 9.30. The molecular formula is C18H36N8O4. The van der Waals surface area contributed by atoms with Crippen LogP contribution in [-0.2, 0) is 9.59 Å². The van der Waals surface area contributed by atoms with E-state index in [1.807, 2.05) is 0 Å². The summed E-state index contributed by atoms with van der Waals surface area (Å²) in [6, 6.07) is 0. The molecule has 1 rings (SSSR count). The highest BCUT2D eigenvalue weighted by molar-refractivity contribution is 5.81. The maximum Gasteiger partial charge on any atom is 0.323 e. The van der Waals surface area contributed by atoms with Crippen molar-refractivity contribution in [2.45, 2.75) is 62.4 Å².